The summed E-state index contributed by atoms with van der Waals surface area (Å²) in [5, 5.41) is 12.9. The summed E-state index contributed by atoms with van der Waals surface area (Å²) in [4.78, 5) is 12.7. The van der Waals surface area contributed by atoms with Crippen molar-refractivity contribution >= 4 is 35.0 Å². The normalized spacial score (nSPS) is 11.7. The molecule has 4 rings (SSSR count). The number of nitrogens with one attached hydrogen (secondary N) is 1. The van der Waals surface area contributed by atoms with E-state index in [0.717, 1.165) is 11.3 Å². The second kappa shape index (κ2) is 11.3. The third kappa shape index (κ3) is 5.96. The van der Waals surface area contributed by atoms with Crippen LogP contribution in [0.5, 0.6) is 11.5 Å². The maximum absolute atomic E-state index is 12.7. The van der Waals surface area contributed by atoms with Crippen molar-refractivity contribution < 1.29 is 14.3 Å². The van der Waals surface area contributed by atoms with E-state index in [1.807, 2.05) is 79.1 Å². The van der Waals surface area contributed by atoms with E-state index in [1.165, 1.54) is 11.8 Å². The molecule has 0 saturated heterocycles. The number of carbonyl (C=O) groups excluding carboxylic acids is 1. The summed E-state index contributed by atoms with van der Waals surface area (Å²) < 4.78 is 13.3. The summed E-state index contributed by atoms with van der Waals surface area (Å²) in [6.07, 6.45) is -0.410. The maximum atomic E-state index is 12.7. The van der Waals surface area contributed by atoms with E-state index in [0.29, 0.717) is 33.2 Å². The highest BCUT2D eigenvalue weighted by Crippen LogP contribution is 2.29. The molecule has 0 aliphatic rings. The van der Waals surface area contributed by atoms with Gasteiger partial charge in [-0.05, 0) is 55.8 Å². The molecule has 35 heavy (non-hydrogen) atoms. The van der Waals surface area contributed by atoms with Crippen LogP contribution in [0.25, 0.3) is 5.69 Å². The van der Waals surface area contributed by atoms with E-state index in [2.05, 4.69) is 15.5 Å². The number of amides is 1. The molecule has 0 bridgehead atoms. The van der Waals surface area contributed by atoms with Gasteiger partial charge in [-0.15, -0.1) is 10.2 Å². The number of hydrogen-bond acceptors (Lipinski definition) is 6. The molecule has 0 fully saturated rings. The van der Waals surface area contributed by atoms with Gasteiger partial charge in [0.05, 0.1) is 12.9 Å². The number of ether oxygens (including phenoxy) is 2. The highest BCUT2D eigenvalue weighted by Gasteiger charge is 2.22. The molecule has 0 saturated carbocycles. The van der Waals surface area contributed by atoms with E-state index < -0.39 is 6.10 Å². The van der Waals surface area contributed by atoms with Gasteiger partial charge in [-0.3, -0.25) is 9.36 Å². The van der Waals surface area contributed by atoms with Gasteiger partial charge in [0, 0.05) is 22.5 Å². The highest BCUT2D eigenvalue weighted by atomic mass is 35.5. The molecule has 1 atom stereocenters. The molecule has 1 N–H and O–H groups in total. The molecule has 0 radical (unpaired) electrons. The molecule has 3 aromatic carbocycles. The van der Waals surface area contributed by atoms with Crippen LogP contribution in [-0.4, -0.2) is 33.5 Å². The number of carbonyl (C=O) groups is 1. The van der Waals surface area contributed by atoms with Crippen molar-refractivity contribution in [2.75, 3.05) is 18.2 Å². The van der Waals surface area contributed by atoms with Gasteiger partial charge in [-0.25, -0.2) is 0 Å². The summed E-state index contributed by atoms with van der Waals surface area (Å²) in [7, 11) is 1.61. The van der Waals surface area contributed by atoms with Crippen LogP contribution in [0.1, 0.15) is 24.4 Å². The Balaban J connectivity index is 1.54. The average molecular weight is 509 g/mol. The molecule has 0 aliphatic carbocycles. The highest BCUT2D eigenvalue weighted by molar-refractivity contribution is 7.99. The van der Waals surface area contributed by atoms with Crippen LogP contribution < -0.4 is 14.8 Å². The first kappa shape index (κ1) is 24.6. The van der Waals surface area contributed by atoms with Crippen LogP contribution in [0, 0.1) is 6.92 Å². The lowest BCUT2D eigenvalue weighted by molar-refractivity contribution is -0.113. The average Bonchev–Trinajstić information content (AvgIpc) is 3.30. The molecular formula is C26H25ClN4O3S. The summed E-state index contributed by atoms with van der Waals surface area (Å²) in [5.41, 5.74) is 2.39. The lowest BCUT2D eigenvalue weighted by Gasteiger charge is -2.17. The SMILES string of the molecule is COc1cccc(OC(C)c2nnc(SCC(=O)Nc3cccc(Cl)c3C)n2-c2ccccc2)c1. The van der Waals surface area contributed by atoms with Crippen molar-refractivity contribution in [3.63, 3.8) is 0 Å². The smallest absolute Gasteiger partial charge is 0.234 e. The molecule has 4 aromatic rings. The van der Waals surface area contributed by atoms with Gasteiger partial charge in [0.15, 0.2) is 17.1 Å². The lowest BCUT2D eigenvalue weighted by Crippen LogP contribution is -2.16. The second-order valence-electron chi connectivity index (χ2n) is 7.70. The first-order valence-electron chi connectivity index (χ1n) is 11.0. The Morgan fingerprint density at radius 2 is 1.80 bits per heavy atom. The van der Waals surface area contributed by atoms with E-state index in [9.17, 15) is 4.79 Å². The van der Waals surface area contributed by atoms with Crippen molar-refractivity contribution in [1.82, 2.24) is 14.8 Å². The fraction of sp³-hybridized carbons (Fsp3) is 0.192. The van der Waals surface area contributed by atoms with Crippen LogP contribution >= 0.6 is 23.4 Å². The van der Waals surface area contributed by atoms with Crippen molar-refractivity contribution in [1.29, 1.82) is 0 Å². The zero-order valence-corrected chi connectivity index (χ0v) is 21.1. The molecule has 1 unspecified atom stereocenters. The number of methoxy groups -OCH3 is 1. The third-order valence-electron chi connectivity index (χ3n) is 5.26. The second-order valence-corrected chi connectivity index (χ2v) is 9.05. The van der Waals surface area contributed by atoms with E-state index >= 15 is 0 Å². The Labute approximate surface area is 213 Å². The Hall–Kier alpha value is -3.49. The summed E-state index contributed by atoms with van der Waals surface area (Å²) in [6, 6.07) is 22.6. The summed E-state index contributed by atoms with van der Waals surface area (Å²) >= 11 is 7.47. The molecule has 9 heteroatoms. The molecule has 7 nitrogen and oxygen atoms in total. The van der Waals surface area contributed by atoms with Crippen molar-refractivity contribution in [2.45, 2.75) is 25.1 Å². The molecule has 1 aromatic heterocycles. The van der Waals surface area contributed by atoms with Gasteiger partial charge in [-0.2, -0.15) is 0 Å². The first-order valence-corrected chi connectivity index (χ1v) is 12.3. The summed E-state index contributed by atoms with van der Waals surface area (Å²) in [6.45, 7) is 3.78. The van der Waals surface area contributed by atoms with E-state index in [1.54, 1.807) is 19.2 Å². The molecule has 1 amide bonds. The monoisotopic (exact) mass is 508 g/mol. The minimum absolute atomic E-state index is 0.155. The first-order chi connectivity index (χ1) is 17.0. The zero-order valence-electron chi connectivity index (χ0n) is 19.6. The number of thioether (sulfide) groups is 1. The van der Waals surface area contributed by atoms with Crippen LogP contribution in [-0.2, 0) is 4.79 Å². The van der Waals surface area contributed by atoms with Crippen LogP contribution in [0.2, 0.25) is 5.02 Å². The maximum Gasteiger partial charge on any atom is 0.234 e. The minimum Gasteiger partial charge on any atom is -0.497 e. The van der Waals surface area contributed by atoms with Crippen molar-refractivity contribution in [2.24, 2.45) is 0 Å². The van der Waals surface area contributed by atoms with E-state index in [-0.39, 0.29) is 11.7 Å². The standard InChI is InChI=1S/C26H25ClN4O3S/c1-17-22(27)13-8-14-23(17)28-24(32)16-35-26-30-29-25(31(26)19-9-5-4-6-10-19)18(2)34-21-12-7-11-20(15-21)33-3/h4-15,18H,16H2,1-3H3,(H,28,32). The van der Waals surface area contributed by atoms with Crippen LogP contribution in [0.15, 0.2) is 78.0 Å². The zero-order chi connectivity index (χ0) is 24.8. The number of benzene rings is 3. The number of rotatable bonds is 9. The predicted molar refractivity (Wildman–Crippen MR) is 139 cm³/mol. The molecular weight excluding hydrogens is 484 g/mol. The quantitative estimate of drug-likeness (QED) is 0.275. The van der Waals surface area contributed by atoms with Gasteiger partial charge in [0.25, 0.3) is 0 Å². The van der Waals surface area contributed by atoms with Crippen molar-refractivity contribution in [3.8, 4) is 17.2 Å². The van der Waals surface area contributed by atoms with Gasteiger partial charge < -0.3 is 14.8 Å². The largest absolute Gasteiger partial charge is 0.497 e. The molecule has 0 spiro atoms. The fourth-order valence-corrected chi connectivity index (χ4v) is 4.38. The van der Waals surface area contributed by atoms with Crippen LogP contribution in [0.4, 0.5) is 5.69 Å². The minimum atomic E-state index is -0.410. The van der Waals surface area contributed by atoms with E-state index in [4.69, 9.17) is 21.1 Å². The Kier molecular flexibility index (Phi) is 7.94. The number of halogens is 1. The molecule has 0 aliphatic heterocycles. The van der Waals surface area contributed by atoms with Gasteiger partial charge in [-0.1, -0.05) is 53.7 Å². The molecule has 180 valence electrons. The number of nitrogens with zero attached hydrogens (tertiary/aromatic N) is 3. The Morgan fingerprint density at radius 1 is 1.06 bits per heavy atom. The number of hydrogen-bond donors (Lipinski definition) is 1. The Bertz CT molecular complexity index is 1310. The predicted octanol–water partition coefficient (Wildman–Crippen LogP) is 6.11. The summed E-state index contributed by atoms with van der Waals surface area (Å²) in [5.74, 6) is 1.97. The topological polar surface area (TPSA) is 78.3 Å². The number of anilines is 1. The third-order valence-corrected chi connectivity index (χ3v) is 6.60. The number of aromatic nitrogens is 3. The van der Waals surface area contributed by atoms with Crippen molar-refractivity contribution in [3.05, 3.63) is 89.2 Å². The van der Waals surface area contributed by atoms with Gasteiger partial charge in [0.2, 0.25) is 5.91 Å². The fourth-order valence-electron chi connectivity index (χ4n) is 3.45. The van der Waals surface area contributed by atoms with Gasteiger partial charge >= 0.3 is 0 Å². The Morgan fingerprint density at radius 3 is 2.57 bits per heavy atom. The lowest BCUT2D eigenvalue weighted by atomic mass is 10.2. The number of para-hydroxylation sites is 1. The molecule has 1 heterocycles. The van der Waals surface area contributed by atoms with Crippen LogP contribution in [0.3, 0.4) is 0 Å². The van der Waals surface area contributed by atoms with Gasteiger partial charge in [0.1, 0.15) is 11.5 Å².